The van der Waals surface area contributed by atoms with Crippen molar-refractivity contribution < 1.29 is 5.11 Å². The number of hydrogen-bond acceptors (Lipinski definition) is 1. The minimum Gasteiger partial charge on any atom is -0.232 e. The van der Waals surface area contributed by atoms with Crippen molar-refractivity contribution in [1.82, 2.24) is 0 Å². The molecule has 0 spiro atoms. The highest BCUT2D eigenvalue weighted by atomic mass is 32.1. The first-order valence-electron chi connectivity index (χ1n) is 2.02. The molecule has 1 rings (SSSR count). The molecule has 0 amide bonds. The molecule has 0 fully saturated rings. The number of rotatable bonds is 1. The lowest BCUT2D eigenvalue weighted by Gasteiger charge is -1.75. The van der Waals surface area contributed by atoms with E-state index in [1.165, 1.54) is 0 Å². The third-order valence-electron chi connectivity index (χ3n) is 0.747. The smallest absolute Gasteiger partial charge is 0.108 e. The molecule has 1 nitrogen and oxygen atoms in total. The molecular formula is C5H5OS. The molecule has 0 atom stereocenters. The van der Waals surface area contributed by atoms with Crippen molar-refractivity contribution >= 4 is 11.3 Å². The Balaban J connectivity index is 2.76. The lowest BCUT2D eigenvalue weighted by Crippen LogP contribution is -1.69. The van der Waals surface area contributed by atoms with Gasteiger partial charge < -0.3 is 0 Å². The zero-order chi connectivity index (χ0) is 5.11. The van der Waals surface area contributed by atoms with Crippen molar-refractivity contribution in [2.24, 2.45) is 0 Å². The normalized spacial score (nSPS) is 9.29. The molecule has 1 aromatic rings. The van der Waals surface area contributed by atoms with E-state index in [0.29, 0.717) is 0 Å². The maximum atomic E-state index is 10.00. The summed E-state index contributed by atoms with van der Waals surface area (Å²) in [5.74, 6) is 0. The second kappa shape index (κ2) is 2.09. The van der Waals surface area contributed by atoms with Crippen LogP contribution >= 0.6 is 11.3 Å². The molecule has 0 N–H and O–H groups in total. The molecule has 0 aliphatic heterocycles. The minimum atomic E-state index is -0.0799. The van der Waals surface area contributed by atoms with E-state index in [1.807, 2.05) is 16.8 Å². The van der Waals surface area contributed by atoms with Crippen LogP contribution in [0.15, 0.2) is 16.8 Å². The van der Waals surface area contributed by atoms with Crippen LogP contribution in [0.25, 0.3) is 0 Å². The second-order valence-electron chi connectivity index (χ2n) is 1.28. The third-order valence-corrected chi connectivity index (χ3v) is 1.48. The maximum Gasteiger partial charge on any atom is 0.108 e. The van der Waals surface area contributed by atoms with Crippen LogP contribution in [0, 0.1) is 0 Å². The Morgan fingerprint density at radius 1 is 1.71 bits per heavy atom. The van der Waals surface area contributed by atoms with E-state index < -0.39 is 0 Å². The molecule has 37 valence electrons. The van der Waals surface area contributed by atoms with E-state index in [4.69, 9.17) is 0 Å². The SMILES string of the molecule is [O]Cc1ccsc1. The zero-order valence-electron chi connectivity index (χ0n) is 3.76. The molecule has 1 aromatic heterocycles. The van der Waals surface area contributed by atoms with E-state index in [9.17, 15) is 5.11 Å². The van der Waals surface area contributed by atoms with Gasteiger partial charge in [0.15, 0.2) is 0 Å². The van der Waals surface area contributed by atoms with Gasteiger partial charge >= 0.3 is 0 Å². The van der Waals surface area contributed by atoms with E-state index in [-0.39, 0.29) is 6.61 Å². The molecule has 2 heteroatoms. The van der Waals surface area contributed by atoms with E-state index in [2.05, 4.69) is 0 Å². The largest absolute Gasteiger partial charge is 0.232 e. The standard InChI is InChI=1S/C5H5OS/c6-3-5-1-2-7-4-5/h1-2,4H,3H2. The first-order chi connectivity index (χ1) is 3.43. The van der Waals surface area contributed by atoms with Crippen LogP contribution in [0.5, 0.6) is 0 Å². The Labute approximate surface area is 46.2 Å². The van der Waals surface area contributed by atoms with Crippen molar-refractivity contribution in [1.29, 1.82) is 0 Å². The van der Waals surface area contributed by atoms with Crippen LogP contribution in [-0.2, 0) is 11.7 Å². The first kappa shape index (κ1) is 4.81. The second-order valence-corrected chi connectivity index (χ2v) is 2.06. The van der Waals surface area contributed by atoms with Gasteiger partial charge in [0.2, 0.25) is 0 Å². The summed E-state index contributed by atoms with van der Waals surface area (Å²) in [5.41, 5.74) is 0.894. The van der Waals surface area contributed by atoms with Gasteiger partial charge in [-0.25, -0.2) is 5.11 Å². The van der Waals surface area contributed by atoms with E-state index in [0.717, 1.165) is 5.56 Å². The zero-order valence-corrected chi connectivity index (χ0v) is 4.57. The summed E-state index contributed by atoms with van der Waals surface area (Å²) in [4.78, 5) is 0. The van der Waals surface area contributed by atoms with Gasteiger partial charge in [-0.2, -0.15) is 11.3 Å². The topological polar surface area (TPSA) is 19.9 Å². The molecule has 1 heterocycles. The molecule has 0 saturated carbocycles. The lowest BCUT2D eigenvalue weighted by molar-refractivity contribution is 0.178. The molecule has 0 aromatic carbocycles. The summed E-state index contributed by atoms with van der Waals surface area (Å²) in [6.45, 7) is -0.0799. The molecule has 7 heavy (non-hydrogen) atoms. The van der Waals surface area contributed by atoms with Gasteiger partial charge in [-0.3, -0.25) is 0 Å². The molecule has 0 saturated heterocycles. The Bertz CT molecular complexity index is 123. The monoisotopic (exact) mass is 113 g/mol. The van der Waals surface area contributed by atoms with Gasteiger partial charge in [0.1, 0.15) is 6.61 Å². The van der Waals surface area contributed by atoms with Crippen LogP contribution in [-0.4, -0.2) is 0 Å². The Morgan fingerprint density at radius 2 is 2.57 bits per heavy atom. The molecule has 1 radical (unpaired) electrons. The van der Waals surface area contributed by atoms with Gasteiger partial charge in [0, 0.05) is 0 Å². The quantitative estimate of drug-likeness (QED) is 0.528. The van der Waals surface area contributed by atoms with Crippen molar-refractivity contribution in [2.75, 3.05) is 0 Å². The number of hydrogen-bond donors (Lipinski definition) is 0. The van der Waals surface area contributed by atoms with Gasteiger partial charge in [-0.1, -0.05) is 0 Å². The maximum absolute atomic E-state index is 10.00. The average Bonchev–Trinajstić information content (AvgIpc) is 2.14. The molecule has 0 bridgehead atoms. The van der Waals surface area contributed by atoms with Gasteiger partial charge in [0.25, 0.3) is 0 Å². The first-order valence-corrected chi connectivity index (χ1v) is 2.97. The van der Waals surface area contributed by atoms with Crippen molar-refractivity contribution in [2.45, 2.75) is 6.61 Å². The van der Waals surface area contributed by atoms with Crippen molar-refractivity contribution in [3.05, 3.63) is 22.4 Å². The van der Waals surface area contributed by atoms with Crippen LogP contribution < -0.4 is 0 Å². The Kier molecular flexibility index (Phi) is 1.44. The molecular weight excluding hydrogens is 108 g/mol. The highest BCUT2D eigenvalue weighted by Crippen LogP contribution is 2.04. The lowest BCUT2D eigenvalue weighted by atomic mass is 10.4. The highest BCUT2D eigenvalue weighted by molar-refractivity contribution is 7.07. The molecule has 0 aliphatic rings. The van der Waals surface area contributed by atoms with E-state index in [1.54, 1.807) is 11.3 Å². The Hall–Kier alpha value is -0.340. The summed E-state index contributed by atoms with van der Waals surface area (Å²) in [7, 11) is 0. The molecule has 0 aliphatic carbocycles. The summed E-state index contributed by atoms with van der Waals surface area (Å²) in [5, 5.41) is 13.8. The van der Waals surface area contributed by atoms with Crippen molar-refractivity contribution in [3.63, 3.8) is 0 Å². The fourth-order valence-corrected chi connectivity index (χ4v) is 1.03. The van der Waals surface area contributed by atoms with Gasteiger partial charge in [0.05, 0.1) is 0 Å². The van der Waals surface area contributed by atoms with Crippen LogP contribution in [0.3, 0.4) is 0 Å². The summed E-state index contributed by atoms with van der Waals surface area (Å²) in [6.07, 6.45) is 0. The van der Waals surface area contributed by atoms with Gasteiger partial charge in [-0.15, -0.1) is 0 Å². The van der Waals surface area contributed by atoms with Crippen LogP contribution in [0.2, 0.25) is 0 Å². The van der Waals surface area contributed by atoms with Crippen molar-refractivity contribution in [3.8, 4) is 0 Å². The number of thiophene rings is 1. The fourth-order valence-electron chi connectivity index (χ4n) is 0.375. The van der Waals surface area contributed by atoms with Crippen LogP contribution in [0.1, 0.15) is 5.56 Å². The average molecular weight is 113 g/mol. The van der Waals surface area contributed by atoms with Gasteiger partial charge in [-0.05, 0) is 22.4 Å². The predicted octanol–water partition coefficient (Wildman–Crippen LogP) is 1.68. The fraction of sp³-hybridized carbons (Fsp3) is 0.200. The minimum absolute atomic E-state index is 0.0799. The highest BCUT2D eigenvalue weighted by Gasteiger charge is 1.85. The predicted molar refractivity (Wildman–Crippen MR) is 28.7 cm³/mol. The van der Waals surface area contributed by atoms with Crippen LogP contribution in [0.4, 0.5) is 0 Å². The third kappa shape index (κ3) is 1.01. The molecule has 0 unspecified atom stereocenters. The van der Waals surface area contributed by atoms with E-state index >= 15 is 0 Å². The summed E-state index contributed by atoms with van der Waals surface area (Å²) in [6, 6.07) is 1.84. The Morgan fingerprint density at radius 3 is 2.86 bits per heavy atom. The summed E-state index contributed by atoms with van der Waals surface area (Å²) < 4.78 is 0. The summed E-state index contributed by atoms with van der Waals surface area (Å²) >= 11 is 1.56.